The first-order chi connectivity index (χ1) is 15.6. The van der Waals surface area contributed by atoms with Gasteiger partial charge in [-0.15, -0.1) is 0 Å². The third kappa shape index (κ3) is 4.55. The summed E-state index contributed by atoms with van der Waals surface area (Å²) in [5, 5.41) is 0. The van der Waals surface area contributed by atoms with Crippen molar-refractivity contribution < 1.29 is 30.7 Å². The fourth-order valence-corrected chi connectivity index (χ4v) is 5.55. The van der Waals surface area contributed by atoms with Crippen LogP contribution in [0.4, 0.5) is 23.2 Å². The molecule has 0 heterocycles. The van der Waals surface area contributed by atoms with E-state index in [1.54, 1.807) is 25.1 Å². The van der Waals surface area contributed by atoms with Crippen molar-refractivity contribution in [3.8, 4) is 5.75 Å². The normalized spacial score (nSPS) is 15.8. The Morgan fingerprint density at radius 1 is 1.03 bits per heavy atom. The summed E-state index contributed by atoms with van der Waals surface area (Å²) in [6.07, 6.45) is -3.92. The highest BCUT2D eigenvalue weighted by atomic mass is 32.2. The maximum atomic E-state index is 14.3. The summed E-state index contributed by atoms with van der Waals surface area (Å²) >= 11 is 0. The molecular weight excluding hydrogens is 458 g/mol. The fraction of sp³-hybridized carbons (Fsp3) is 0.250. The van der Waals surface area contributed by atoms with Crippen LogP contribution in [-0.2, 0) is 22.6 Å². The van der Waals surface area contributed by atoms with E-state index in [9.17, 15) is 26.0 Å². The van der Waals surface area contributed by atoms with Crippen LogP contribution in [0.25, 0.3) is 0 Å². The maximum absolute atomic E-state index is 14.3. The van der Waals surface area contributed by atoms with Crippen LogP contribution in [0.5, 0.6) is 5.75 Å². The smallest absolute Gasteiger partial charge is 0.416 e. The predicted molar refractivity (Wildman–Crippen MR) is 116 cm³/mol. The number of rotatable bonds is 6. The summed E-state index contributed by atoms with van der Waals surface area (Å²) in [6, 6.07) is 14.8. The van der Waals surface area contributed by atoms with Gasteiger partial charge >= 0.3 is 6.18 Å². The van der Waals surface area contributed by atoms with Gasteiger partial charge in [-0.2, -0.15) is 13.2 Å². The summed E-state index contributed by atoms with van der Waals surface area (Å²) < 4.78 is 86.9. The fourth-order valence-electron chi connectivity index (χ4n) is 4.04. The zero-order chi connectivity index (χ0) is 23.8. The molecule has 0 saturated carbocycles. The van der Waals surface area contributed by atoms with Crippen molar-refractivity contribution in [2.24, 2.45) is 0 Å². The first kappa shape index (κ1) is 23.1. The predicted octanol–water partition coefficient (Wildman–Crippen LogP) is 6.13. The number of hydrogen-bond acceptors (Lipinski definition) is 3. The number of alkyl halides is 3. The molecule has 9 heteroatoms. The number of fused-ring (bicyclic) bond motifs is 1. The zero-order valence-electron chi connectivity index (χ0n) is 17.6. The third-order valence-corrected chi connectivity index (χ3v) is 7.46. The Kier molecular flexibility index (Phi) is 6.09. The molecule has 0 radical (unpaired) electrons. The van der Waals surface area contributed by atoms with Crippen molar-refractivity contribution >= 4 is 15.7 Å². The lowest BCUT2D eigenvalue weighted by Crippen LogP contribution is -2.31. The highest BCUT2D eigenvalue weighted by Crippen LogP contribution is 2.38. The Balaban J connectivity index is 1.64. The monoisotopic (exact) mass is 479 g/mol. The quantitative estimate of drug-likeness (QED) is 0.400. The van der Waals surface area contributed by atoms with Gasteiger partial charge in [0.1, 0.15) is 17.7 Å². The Morgan fingerprint density at radius 2 is 1.76 bits per heavy atom. The number of sulfonamides is 1. The minimum atomic E-state index is -4.66. The number of aryl methyl sites for hydroxylation is 1. The molecule has 1 aliphatic rings. The Bertz CT molecular complexity index is 1270. The summed E-state index contributed by atoms with van der Waals surface area (Å²) in [4.78, 5) is -0.461. The van der Waals surface area contributed by atoms with Gasteiger partial charge in [0.05, 0.1) is 16.1 Å². The van der Waals surface area contributed by atoms with E-state index in [1.807, 2.05) is 6.07 Å². The molecule has 4 rings (SSSR count). The summed E-state index contributed by atoms with van der Waals surface area (Å²) in [6.45, 7) is 1.57. The van der Waals surface area contributed by atoms with Gasteiger partial charge < -0.3 is 4.74 Å². The van der Waals surface area contributed by atoms with E-state index in [2.05, 4.69) is 0 Å². The Labute approximate surface area is 189 Å². The number of benzene rings is 3. The maximum Gasteiger partial charge on any atom is 0.416 e. The number of halogens is 4. The van der Waals surface area contributed by atoms with Crippen LogP contribution in [0.2, 0.25) is 0 Å². The number of anilines is 1. The number of nitrogens with zero attached hydrogens (tertiary/aromatic N) is 1. The van der Waals surface area contributed by atoms with E-state index >= 15 is 0 Å². The zero-order valence-corrected chi connectivity index (χ0v) is 18.5. The topological polar surface area (TPSA) is 46.6 Å². The van der Waals surface area contributed by atoms with E-state index in [1.165, 1.54) is 18.2 Å². The second-order valence-corrected chi connectivity index (χ2v) is 9.51. The average Bonchev–Trinajstić information content (AvgIpc) is 3.18. The minimum absolute atomic E-state index is 0.0110. The lowest BCUT2D eigenvalue weighted by Gasteiger charge is -2.24. The SMILES string of the molecule is CCN(c1cccc(OC2CCc3cccc(F)c32)c1)S(=O)(=O)c1cccc(C(F)(F)F)c1. The van der Waals surface area contributed by atoms with Gasteiger partial charge in [0.25, 0.3) is 10.0 Å². The lowest BCUT2D eigenvalue weighted by atomic mass is 10.1. The van der Waals surface area contributed by atoms with Gasteiger partial charge in [-0.25, -0.2) is 12.8 Å². The molecule has 33 heavy (non-hydrogen) atoms. The lowest BCUT2D eigenvalue weighted by molar-refractivity contribution is -0.137. The Hall–Kier alpha value is -3.07. The summed E-state index contributed by atoms with van der Waals surface area (Å²) in [5.41, 5.74) is 0.558. The van der Waals surface area contributed by atoms with Crippen LogP contribution in [0.3, 0.4) is 0 Å². The highest BCUT2D eigenvalue weighted by molar-refractivity contribution is 7.92. The van der Waals surface area contributed by atoms with Gasteiger partial charge in [-0.1, -0.05) is 24.3 Å². The van der Waals surface area contributed by atoms with Crippen LogP contribution in [0.1, 0.15) is 36.1 Å². The van der Waals surface area contributed by atoms with Gasteiger partial charge in [0.15, 0.2) is 0 Å². The standard InChI is InChI=1S/C24H21F4NO3S/c1-2-29(33(30,31)20-10-4-7-17(14-20)24(26,27)28)18-8-5-9-19(15-18)32-22-13-12-16-6-3-11-21(25)23(16)22/h3-11,14-15,22H,2,12-13H2,1H3. The van der Waals surface area contributed by atoms with Gasteiger partial charge in [-0.3, -0.25) is 4.31 Å². The van der Waals surface area contributed by atoms with Crippen molar-refractivity contribution in [2.45, 2.75) is 36.9 Å². The molecule has 0 N–H and O–H groups in total. The minimum Gasteiger partial charge on any atom is -0.486 e. The van der Waals surface area contributed by atoms with Gasteiger partial charge in [-0.05, 0) is 61.7 Å². The van der Waals surface area contributed by atoms with E-state index < -0.39 is 32.8 Å². The molecule has 1 aliphatic carbocycles. The molecule has 4 nitrogen and oxygen atoms in total. The molecule has 0 spiro atoms. The molecule has 1 unspecified atom stereocenters. The number of hydrogen-bond donors (Lipinski definition) is 0. The van der Waals surface area contributed by atoms with Gasteiger partial charge in [0.2, 0.25) is 0 Å². The molecule has 174 valence electrons. The van der Waals surface area contributed by atoms with Crippen molar-refractivity contribution in [1.29, 1.82) is 0 Å². The first-order valence-electron chi connectivity index (χ1n) is 10.3. The second-order valence-electron chi connectivity index (χ2n) is 7.65. The van der Waals surface area contributed by atoms with E-state index in [4.69, 9.17) is 4.74 Å². The molecule has 0 amide bonds. The van der Waals surface area contributed by atoms with Crippen LogP contribution in [0.15, 0.2) is 71.6 Å². The van der Waals surface area contributed by atoms with E-state index in [0.717, 1.165) is 28.1 Å². The molecule has 0 fully saturated rings. The van der Waals surface area contributed by atoms with E-state index in [-0.39, 0.29) is 18.0 Å². The Morgan fingerprint density at radius 3 is 2.48 bits per heavy atom. The van der Waals surface area contributed by atoms with Crippen LogP contribution in [-0.4, -0.2) is 15.0 Å². The molecule has 3 aromatic rings. The van der Waals surface area contributed by atoms with Crippen LogP contribution < -0.4 is 9.04 Å². The summed E-state index contributed by atoms with van der Waals surface area (Å²) in [5.74, 6) is -0.0141. The molecule has 0 aromatic heterocycles. The average molecular weight is 479 g/mol. The molecule has 0 saturated heterocycles. The number of ether oxygens (including phenoxy) is 1. The molecule has 3 aromatic carbocycles. The van der Waals surface area contributed by atoms with Crippen molar-refractivity contribution in [3.05, 3.63) is 89.2 Å². The van der Waals surface area contributed by atoms with E-state index in [0.29, 0.717) is 30.2 Å². The van der Waals surface area contributed by atoms with Crippen molar-refractivity contribution in [1.82, 2.24) is 0 Å². The molecule has 1 atom stereocenters. The molecule has 0 aliphatic heterocycles. The summed E-state index contributed by atoms with van der Waals surface area (Å²) in [7, 11) is -4.27. The van der Waals surface area contributed by atoms with Crippen LogP contribution >= 0.6 is 0 Å². The first-order valence-corrected chi connectivity index (χ1v) is 11.8. The van der Waals surface area contributed by atoms with Crippen molar-refractivity contribution in [3.63, 3.8) is 0 Å². The van der Waals surface area contributed by atoms with Crippen LogP contribution in [0, 0.1) is 5.82 Å². The molecule has 0 bridgehead atoms. The molecular formula is C24H21F4NO3S. The largest absolute Gasteiger partial charge is 0.486 e. The second kappa shape index (κ2) is 8.70. The van der Waals surface area contributed by atoms with Crippen molar-refractivity contribution in [2.75, 3.05) is 10.8 Å². The highest BCUT2D eigenvalue weighted by Gasteiger charge is 2.33. The third-order valence-electron chi connectivity index (χ3n) is 5.56. The van der Waals surface area contributed by atoms with Gasteiger partial charge in [0, 0.05) is 18.2 Å².